The molecule has 0 radical (unpaired) electrons. The van der Waals surface area contributed by atoms with Crippen molar-refractivity contribution in [3.05, 3.63) is 12.2 Å². The quantitative estimate of drug-likeness (QED) is 0.0393. The van der Waals surface area contributed by atoms with E-state index in [0.717, 1.165) is 32.1 Å². The van der Waals surface area contributed by atoms with Crippen LogP contribution in [0.1, 0.15) is 239 Å². The van der Waals surface area contributed by atoms with E-state index in [1.54, 1.807) is 0 Å². The molecule has 0 saturated carbocycles. The maximum absolute atomic E-state index is 12.2. The van der Waals surface area contributed by atoms with Crippen molar-refractivity contribution in [1.29, 1.82) is 0 Å². The van der Waals surface area contributed by atoms with Crippen molar-refractivity contribution in [2.45, 2.75) is 245 Å². The zero-order valence-corrected chi connectivity index (χ0v) is 33.0. The van der Waals surface area contributed by atoms with Crippen molar-refractivity contribution in [3.63, 3.8) is 0 Å². The second kappa shape index (κ2) is 41.1. The van der Waals surface area contributed by atoms with E-state index < -0.39 is 6.10 Å². The standard InChI is InChI=1S/C44H84O5/c1-3-5-7-9-11-13-15-17-19-21-22-23-25-27-29-31-33-35-37-39-44(47)49-42(40-45)41-48-43(46)38-36-34-32-30-28-26-24-20-18-16-14-12-10-8-6-4-2/h17,19,42,45H,3-16,18,20-41H2,1-2H3/b19-17-. The molecule has 1 unspecified atom stereocenters. The fourth-order valence-corrected chi connectivity index (χ4v) is 6.49. The molecule has 0 aliphatic rings. The molecule has 5 heteroatoms. The number of hydrogen-bond donors (Lipinski definition) is 1. The first-order chi connectivity index (χ1) is 24.1. The van der Waals surface area contributed by atoms with Gasteiger partial charge in [0.05, 0.1) is 6.61 Å². The monoisotopic (exact) mass is 693 g/mol. The summed E-state index contributed by atoms with van der Waals surface area (Å²) in [6.45, 7) is 4.16. The molecule has 0 aromatic rings. The molecule has 49 heavy (non-hydrogen) atoms. The summed E-state index contributed by atoms with van der Waals surface area (Å²) in [5.41, 5.74) is 0. The van der Waals surface area contributed by atoms with Crippen LogP contribution in [0.3, 0.4) is 0 Å². The maximum atomic E-state index is 12.2. The van der Waals surface area contributed by atoms with Gasteiger partial charge < -0.3 is 14.6 Å². The number of ether oxygens (including phenoxy) is 2. The third-order valence-electron chi connectivity index (χ3n) is 9.81. The molecule has 0 spiro atoms. The van der Waals surface area contributed by atoms with Gasteiger partial charge >= 0.3 is 11.9 Å². The Hall–Kier alpha value is -1.36. The van der Waals surface area contributed by atoms with E-state index in [2.05, 4.69) is 26.0 Å². The molecule has 0 bridgehead atoms. The van der Waals surface area contributed by atoms with Crippen LogP contribution >= 0.6 is 0 Å². The van der Waals surface area contributed by atoms with Gasteiger partial charge in [0, 0.05) is 12.8 Å². The van der Waals surface area contributed by atoms with Gasteiger partial charge in [-0.1, -0.05) is 199 Å². The second-order valence-electron chi connectivity index (χ2n) is 14.8. The van der Waals surface area contributed by atoms with Crippen molar-refractivity contribution < 1.29 is 24.2 Å². The summed E-state index contributed by atoms with van der Waals surface area (Å²) in [6, 6.07) is 0. The first-order valence-corrected chi connectivity index (χ1v) is 21.7. The number of esters is 2. The highest BCUT2D eigenvalue weighted by atomic mass is 16.6. The first kappa shape index (κ1) is 47.6. The number of aliphatic hydroxyl groups is 1. The van der Waals surface area contributed by atoms with Gasteiger partial charge in [-0.25, -0.2) is 0 Å². The summed E-state index contributed by atoms with van der Waals surface area (Å²) in [5.74, 6) is -0.579. The van der Waals surface area contributed by atoms with E-state index in [4.69, 9.17) is 9.47 Å². The molecule has 0 amide bonds. The van der Waals surface area contributed by atoms with E-state index in [1.165, 1.54) is 180 Å². The van der Waals surface area contributed by atoms with Crippen LogP contribution in [0.2, 0.25) is 0 Å². The van der Waals surface area contributed by atoms with E-state index >= 15 is 0 Å². The number of carbonyl (C=O) groups is 2. The molecular weight excluding hydrogens is 608 g/mol. The summed E-state index contributed by atoms with van der Waals surface area (Å²) in [6.07, 6.45) is 47.1. The number of aliphatic hydroxyl groups excluding tert-OH is 1. The van der Waals surface area contributed by atoms with E-state index in [1.807, 2.05) is 0 Å². The largest absolute Gasteiger partial charge is 0.462 e. The molecular formula is C44H84O5. The van der Waals surface area contributed by atoms with Gasteiger partial charge in [-0.15, -0.1) is 0 Å². The van der Waals surface area contributed by atoms with Crippen molar-refractivity contribution in [2.24, 2.45) is 0 Å². The van der Waals surface area contributed by atoms with Gasteiger partial charge in [-0.2, -0.15) is 0 Å². The third kappa shape index (κ3) is 39.3. The molecule has 0 aromatic carbocycles. The zero-order chi connectivity index (χ0) is 35.7. The molecule has 0 saturated heterocycles. The normalized spacial score (nSPS) is 12.1. The lowest BCUT2D eigenvalue weighted by atomic mass is 10.0. The van der Waals surface area contributed by atoms with Gasteiger partial charge in [0.15, 0.2) is 6.10 Å². The zero-order valence-electron chi connectivity index (χ0n) is 33.0. The van der Waals surface area contributed by atoms with E-state index in [0.29, 0.717) is 12.8 Å². The van der Waals surface area contributed by atoms with Crippen LogP contribution in [0.4, 0.5) is 0 Å². The molecule has 1 atom stereocenters. The van der Waals surface area contributed by atoms with Crippen molar-refractivity contribution in [1.82, 2.24) is 0 Å². The molecule has 0 aliphatic heterocycles. The fourth-order valence-electron chi connectivity index (χ4n) is 6.49. The molecule has 0 aliphatic carbocycles. The summed E-state index contributed by atoms with van der Waals surface area (Å²) in [4.78, 5) is 24.3. The highest BCUT2D eigenvalue weighted by Gasteiger charge is 2.16. The Bertz CT molecular complexity index is 705. The minimum absolute atomic E-state index is 0.0601. The van der Waals surface area contributed by atoms with Crippen LogP contribution in [0, 0.1) is 0 Å². The summed E-state index contributed by atoms with van der Waals surface area (Å²) in [5, 5.41) is 9.58. The minimum atomic E-state index is -0.766. The highest BCUT2D eigenvalue weighted by molar-refractivity contribution is 5.70. The van der Waals surface area contributed by atoms with Gasteiger partial charge in [-0.05, 0) is 38.5 Å². The smallest absolute Gasteiger partial charge is 0.306 e. The summed E-state index contributed by atoms with van der Waals surface area (Å²) >= 11 is 0. The van der Waals surface area contributed by atoms with Gasteiger partial charge in [0.25, 0.3) is 0 Å². The Kier molecular flexibility index (Phi) is 39.9. The number of allylic oxidation sites excluding steroid dienone is 2. The molecule has 5 nitrogen and oxygen atoms in total. The lowest BCUT2D eigenvalue weighted by Crippen LogP contribution is -2.28. The number of carbonyl (C=O) groups excluding carboxylic acids is 2. The Balaban J connectivity index is 3.49. The lowest BCUT2D eigenvalue weighted by Gasteiger charge is -2.15. The molecule has 0 fully saturated rings. The van der Waals surface area contributed by atoms with Gasteiger partial charge in [0.2, 0.25) is 0 Å². The summed E-state index contributed by atoms with van der Waals surface area (Å²) in [7, 11) is 0. The lowest BCUT2D eigenvalue weighted by molar-refractivity contribution is -0.161. The second-order valence-corrected chi connectivity index (χ2v) is 14.8. The number of hydrogen-bond acceptors (Lipinski definition) is 5. The van der Waals surface area contributed by atoms with Crippen molar-refractivity contribution in [2.75, 3.05) is 13.2 Å². The predicted octanol–water partition coefficient (Wildman–Crippen LogP) is 13.7. The molecule has 290 valence electrons. The number of unbranched alkanes of at least 4 members (excludes halogenated alkanes) is 30. The minimum Gasteiger partial charge on any atom is -0.462 e. The van der Waals surface area contributed by atoms with Crippen LogP contribution < -0.4 is 0 Å². The molecule has 0 rings (SSSR count). The Morgan fingerprint density at radius 3 is 1.10 bits per heavy atom. The maximum Gasteiger partial charge on any atom is 0.306 e. The highest BCUT2D eigenvalue weighted by Crippen LogP contribution is 2.15. The van der Waals surface area contributed by atoms with Crippen LogP contribution in [-0.4, -0.2) is 36.4 Å². The van der Waals surface area contributed by atoms with Crippen molar-refractivity contribution >= 4 is 11.9 Å². The van der Waals surface area contributed by atoms with Gasteiger partial charge in [0.1, 0.15) is 6.61 Å². The molecule has 1 N–H and O–H groups in total. The average Bonchev–Trinajstić information content (AvgIpc) is 3.10. The van der Waals surface area contributed by atoms with Crippen LogP contribution in [0.5, 0.6) is 0 Å². The first-order valence-electron chi connectivity index (χ1n) is 21.7. The van der Waals surface area contributed by atoms with Crippen LogP contribution in [0.25, 0.3) is 0 Å². The van der Waals surface area contributed by atoms with Crippen molar-refractivity contribution in [3.8, 4) is 0 Å². The Morgan fingerprint density at radius 1 is 0.449 bits per heavy atom. The fraction of sp³-hybridized carbons (Fsp3) is 0.909. The SMILES string of the molecule is CCCCCCCC/C=C\CCCCCCCCCCCC(=O)OC(CO)COC(=O)CCCCCCCCCCCCCCCCCC. The topological polar surface area (TPSA) is 72.8 Å². The van der Waals surface area contributed by atoms with Crippen LogP contribution in [-0.2, 0) is 19.1 Å². The Labute approximate surface area is 305 Å². The Morgan fingerprint density at radius 2 is 0.755 bits per heavy atom. The average molecular weight is 693 g/mol. The third-order valence-corrected chi connectivity index (χ3v) is 9.81. The van der Waals surface area contributed by atoms with Gasteiger partial charge in [-0.3, -0.25) is 9.59 Å². The molecule has 0 heterocycles. The van der Waals surface area contributed by atoms with Crippen LogP contribution in [0.15, 0.2) is 12.2 Å². The molecule has 0 aromatic heterocycles. The summed E-state index contributed by atoms with van der Waals surface area (Å²) < 4.78 is 10.6. The van der Waals surface area contributed by atoms with E-state index in [9.17, 15) is 14.7 Å². The number of rotatable bonds is 40. The predicted molar refractivity (Wildman–Crippen MR) is 210 cm³/mol. The van der Waals surface area contributed by atoms with E-state index in [-0.39, 0.29) is 25.2 Å².